The smallest absolute Gasteiger partial charge is 0.298 e. The van der Waals surface area contributed by atoms with E-state index in [1.807, 2.05) is 0 Å². The topological polar surface area (TPSA) is 72.2 Å². The minimum Gasteiger partial charge on any atom is -0.370 e. The van der Waals surface area contributed by atoms with Gasteiger partial charge in [0, 0.05) is 19.2 Å². The van der Waals surface area contributed by atoms with Crippen LogP contribution in [0.1, 0.15) is 32.1 Å². The van der Waals surface area contributed by atoms with Crippen molar-refractivity contribution in [3.8, 4) is 0 Å². The monoisotopic (exact) mass is 292 g/mol. The second-order valence-electron chi connectivity index (χ2n) is 5.23. The maximum Gasteiger partial charge on any atom is 0.298 e. The summed E-state index contributed by atoms with van der Waals surface area (Å²) in [6.45, 7) is 0. The standard InChI is InChI=1S/C13H16N4O2S/c1-16(9-5-3-2-4-6-9)10-7-8-11(17(18)19)13-12(10)14-20-15-13/h7-9H,2-6H2,1H3. The molecule has 0 aliphatic heterocycles. The molecule has 0 radical (unpaired) electrons. The Kier molecular flexibility index (Phi) is 3.52. The highest BCUT2D eigenvalue weighted by atomic mass is 32.1. The fourth-order valence-electron chi connectivity index (χ4n) is 2.94. The van der Waals surface area contributed by atoms with E-state index in [0.717, 1.165) is 17.4 Å². The molecular formula is C13H16N4O2S. The van der Waals surface area contributed by atoms with Crippen molar-refractivity contribution in [3.63, 3.8) is 0 Å². The zero-order valence-corrected chi connectivity index (χ0v) is 12.1. The number of nitro groups is 1. The molecule has 1 aromatic heterocycles. The fraction of sp³-hybridized carbons (Fsp3) is 0.538. The molecule has 0 bridgehead atoms. The van der Waals surface area contributed by atoms with Crippen molar-refractivity contribution in [3.05, 3.63) is 22.2 Å². The van der Waals surface area contributed by atoms with Crippen LogP contribution in [0, 0.1) is 10.1 Å². The third-order valence-corrected chi connectivity index (χ3v) is 4.60. The fourth-order valence-corrected chi connectivity index (χ4v) is 3.50. The Labute approximate surface area is 120 Å². The molecule has 20 heavy (non-hydrogen) atoms. The Morgan fingerprint density at radius 1 is 1.25 bits per heavy atom. The van der Waals surface area contributed by atoms with Gasteiger partial charge in [-0.2, -0.15) is 8.75 Å². The summed E-state index contributed by atoms with van der Waals surface area (Å²) in [5.74, 6) is 0. The molecule has 0 unspecified atom stereocenters. The molecule has 0 spiro atoms. The number of nitrogens with zero attached hydrogens (tertiary/aromatic N) is 4. The van der Waals surface area contributed by atoms with Crippen LogP contribution in [0.3, 0.4) is 0 Å². The number of hydrogen-bond donors (Lipinski definition) is 0. The van der Waals surface area contributed by atoms with Gasteiger partial charge in [0.05, 0.1) is 22.3 Å². The van der Waals surface area contributed by atoms with Gasteiger partial charge in [0.25, 0.3) is 5.69 Å². The van der Waals surface area contributed by atoms with Crippen LogP contribution in [0.5, 0.6) is 0 Å². The van der Waals surface area contributed by atoms with Gasteiger partial charge in [-0.25, -0.2) is 0 Å². The molecule has 1 fully saturated rings. The molecule has 0 saturated heterocycles. The second-order valence-corrected chi connectivity index (χ2v) is 5.75. The molecule has 106 valence electrons. The van der Waals surface area contributed by atoms with Crippen LogP contribution in [0.15, 0.2) is 12.1 Å². The molecule has 1 saturated carbocycles. The highest BCUT2D eigenvalue weighted by Gasteiger charge is 2.24. The lowest BCUT2D eigenvalue weighted by molar-refractivity contribution is -0.383. The predicted octanol–water partition coefficient (Wildman–Crippen LogP) is 3.37. The molecule has 2 aromatic rings. The molecule has 1 aromatic carbocycles. The summed E-state index contributed by atoms with van der Waals surface area (Å²) in [4.78, 5) is 12.8. The normalized spacial score (nSPS) is 16.4. The Bertz CT molecular complexity index is 636. The number of anilines is 1. The number of hydrogen-bond acceptors (Lipinski definition) is 6. The van der Waals surface area contributed by atoms with Crippen molar-refractivity contribution in [1.29, 1.82) is 0 Å². The highest BCUT2D eigenvalue weighted by Crippen LogP contribution is 2.34. The van der Waals surface area contributed by atoms with Crippen LogP contribution in [-0.2, 0) is 0 Å². The van der Waals surface area contributed by atoms with Crippen LogP contribution < -0.4 is 4.90 Å². The van der Waals surface area contributed by atoms with Crippen molar-refractivity contribution in [2.24, 2.45) is 0 Å². The first-order valence-corrected chi connectivity index (χ1v) is 7.54. The van der Waals surface area contributed by atoms with Crippen molar-refractivity contribution in [2.45, 2.75) is 38.1 Å². The predicted molar refractivity (Wildman–Crippen MR) is 79.3 cm³/mol. The largest absolute Gasteiger partial charge is 0.370 e. The van der Waals surface area contributed by atoms with Crippen LogP contribution in [-0.4, -0.2) is 26.8 Å². The first-order chi connectivity index (χ1) is 9.68. The van der Waals surface area contributed by atoms with Gasteiger partial charge < -0.3 is 4.90 Å². The van der Waals surface area contributed by atoms with Crippen molar-refractivity contribution >= 4 is 34.1 Å². The zero-order chi connectivity index (χ0) is 14.1. The maximum atomic E-state index is 11.0. The minimum atomic E-state index is -0.395. The third-order valence-electron chi connectivity index (χ3n) is 4.07. The molecule has 0 atom stereocenters. The van der Waals surface area contributed by atoms with Crippen molar-refractivity contribution in [1.82, 2.24) is 8.75 Å². The quantitative estimate of drug-likeness (QED) is 0.640. The lowest BCUT2D eigenvalue weighted by Gasteiger charge is -2.32. The highest BCUT2D eigenvalue weighted by molar-refractivity contribution is 7.00. The summed E-state index contributed by atoms with van der Waals surface area (Å²) in [6, 6.07) is 3.84. The molecule has 6 nitrogen and oxygen atoms in total. The second kappa shape index (κ2) is 5.32. The van der Waals surface area contributed by atoms with Crippen LogP contribution in [0.2, 0.25) is 0 Å². The lowest BCUT2D eigenvalue weighted by atomic mass is 9.94. The van der Waals surface area contributed by atoms with Gasteiger partial charge in [-0.05, 0) is 18.9 Å². The van der Waals surface area contributed by atoms with E-state index in [4.69, 9.17) is 0 Å². The zero-order valence-electron chi connectivity index (χ0n) is 11.3. The van der Waals surface area contributed by atoms with Crippen molar-refractivity contribution in [2.75, 3.05) is 11.9 Å². The summed E-state index contributed by atoms with van der Waals surface area (Å²) < 4.78 is 8.35. The van der Waals surface area contributed by atoms with E-state index in [1.165, 1.54) is 32.1 Å². The van der Waals surface area contributed by atoms with Gasteiger partial charge >= 0.3 is 0 Å². The van der Waals surface area contributed by atoms with E-state index in [2.05, 4.69) is 20.7 Å². The Hall–Kier alpha value is -1.76. The molecule has 0 amide bonds. The SMILES string of the molecule is CN(c1ccc([N+](=O)[O-])c2nsnc12)C1CCCCC1. The van der Waals surface area contributed by atoms with E-state index in [1.54, 1.807) is 12.1 Å². The van der Waals surface area contributed by atoms with E-state index in [9.17, 15) is 10.1 Å². The summed E-state index contributed by atoms with van der Waals surface area (Å²) in [7, 11) is 2.05. The Morgan fingerprint density at radius 2 is 1.95 bits per heavy atom. The first-order valence-electron chi connectivity index (χ1n) is 6.81. The Balaban J connectivity index is 2.01. The average molecular weight is 292 g/mol. The summed E-state index contributed by atoms with van der Waals surface area (Å²) in [5.41, 5.74) is 2.04. The maximum absolute atomic E-state index is 11.0. The van der Waals surface area contributed by atoms with E-state index < -0.39 is 4.92 Å². The molecule has 3 rings (SSSR count). The molecular weight excluding hydrogens is 276 g/mol. The summed E-state index contributed by atoms with van der Waals surface area (Å²) in [6.07, 6.45) is 6.15. The summed E-state index contributed by atoms with van der Waals surface area (Å²) in [5, 5.41) is 11.0. The average Bonchev–Trinajstić information content (AvgIpc) is 2.95. The molecule has 7 heteroatoms. The van der Waals surface area contributed by atoms with Crippen LogP contribution in [0.4, 0.5) is 11.4 Å². The van der Waals surface area contributed by atoms with E-state index >= 15 is 0 Å². The third kappa shape index (κ3) is 2.22. The summed E-state index contributed by atoms with van der Waals surface area (Å²) >= 11 is 1.03. The van der Waals surface area contributed by atoms with Gasteiger partial charge in [0.2, 0.25) is 0 Å². The van der Waals surface area contributed by atoms with Gasteiger partial charge in [-0.15, -0.1) is 0 Å². The first kappa shape index (κ1) is 13.2. The molecule has 1 aliphatic rings. The molecule has 1 aliphatic carbocycles. The van der Waals surface area contributed by atoms with Gasteiger partial charge in [-0.3, -0.25) is 10.1 Å². The number of aromatic nitrogens is 2. The number of nitro benzene ring substituents is 1. The van der Waals surface area contributed by atoms with Crippen molar-refractivity contribution < 1.29 is 4.92 Å². The molecule has 1 heterocycles. The van der Waals surface area contributed by atoms with Gasteiger partial charge in [0.15, 0.2) is 5.52 Å². The molecule has 0 N–H and O–H groups in total. The van der Waals surface area contributed by atoms with Crippen LogP contribution in [0.25, 0.3) is 11.0 Å². The number of fused-ring (bicyclic) bond motifs is 1. The van der Waals surface area contributed by atoms with Gasteiger partial charge in [-0.1, -0.05) is 19.3 Å². The van der Waals surface area contributed by atoms with E-state index in [0.29, 0.717) is 17.1 Å². The van der Waals surface area contributed by atoms with E-state index in [-0.39, 0.29) is 5.69 Å². The lowest BCUT2D eigenvalue weighted by Crippen LogP contribution is -2.33. The number of benzene rings is 1. The van der Waals surface area contributed by atoms with Crippen LogP contribution >= 0.6 is 11.7 Å². The van der Waals surface area contributed by atoms with Gasteiger partial charge in [0.1, 0.15) is 5.52 Å². The number of non-ortho nitro benzene ring substituents is 1. The Morgan fingerprint density at radius 3 is 2.65 bits per heavy atom. The minimum absolute atomic E-state index is 0.0366. The number of rotatable bonds is 3.